The van der Waals surface area contributed by atoms with Gasteiger partial charge in [-0.1, -0.05) is 6.92 Å². The van der Waals surface area contributed by atoms with Crippen LogP contribution in [0.15, 0.2) is 0 Å². The quantitative estimate of drug-likeness (QED) is 0.342. The van der Waals surface area contributed by atoms with E-state index >= 15 is 0 Å². The van der Waals surface area contributed by atoms with Gasteiger partial charge in [0, 0.05) is 51.1 Å². The van der Waals surface area contributed by atoms with E-state index in [4.69, 9.17) is 14.2 Å². The van der Waals surface area contributed by atoms with Crippen molar-refractivity contribution < 1.29 is 76.4 Å². The van der Waals surface area contributed by atoms with Crippen LogP contribution in [0.3, 0.4) is 0 Å². The van der Waals surface area contributed by atoms with E-state index in [0.29, 0.717) is 12.7 Å². The first-order valence-electron chi connectivity index (χ1n) is 3.88. The molecule has 0 aromatic carbocycles. The van der Waals surface area contributed by atoms with Gasteiger partial charge in [0.15, 0.2) is 0 Å². The van der Waals surface area contributed by atoms with Crippen molar-refractivity contribution in [1.29, 1.82) is 0 Å². The van der Waals surface area contributed by atoms with E-state index in [-0.39, 0.29) is 83.4 Å². The Labute approximate surface area is 142 Å². The minimum atomic E-state index is -0.161. The molecule has 1 heterocycles. The molecule has 0 N–H and O–H groups in total. The topological polar surface area (TPSA) is 27.7 Å². The van der Waals surface area contributed by atoms with Crippen LogP contribution < -0.4 is 0 Å². The first-order chi connectivity index (χ1) is 5.33. The van der Waals surface area contributed by atoms with E-state index in [1.165, 1.54) is 0 Å². The Morgan fingerprint density at radius 1 is 1.40 bits per heavy atom. The van der Waals surface area contributed by atoms with Crippen molar-refractivity contribution in [3.8, 4) is 0 Å². The van der Waals surface area contributed by atoms with Gasteiger partial charge in [-0.05, 0) is 5.92 Å². The summed E-state index contributed by atoms with van der Waals surface area (Å²) in [6, 6.07) is 0. The van der Waals surface area contributed by atoms with E-state index < -0.39 is 0 Å². The van der Waals surface area contributed by atoms with Crippen LogP contribution in [0.2, 0.25) is 0 Å². The summed E-state index contributed by atoms with van der Waals surface area (Å²) in [6.07, 6.45) is 2.94. The number of hydrogen-bond acceptors (Lipinski definition) is 3. The number of rotatable bonds is 3. The molecule has 3 nitrogen and oxygen atoms in total. The van der Waals surface area contributed by atoms with E-state index in [0.717, 1.165) is 13.0 Å². The van der Waals surface area contributed by atoms with Gasteiger partial charge in [0.2, 0.25) is 0 Å². The van der Waals surface area contributed by atoms with E-state index in [1.807, 2.05) is 6.42 Å². The Balaban J connectivity index is -0.000000151. The smallest absolute Gasteiger partial charge is 0.383 e. The summed E-state index contributed by atoms with van der Waals surface area (Å²) in [6.45, 7) is 3.24. The minimum Gasteiger partial charge on any atom is -0.383 e. The van der Waals surface area contributed by atoms with Gasteiger partial charge in [-0.2, -0.15) is 6.42 Å². The fourth-order valence-corrected chi connectivity index (χ4v) is 0.990. The molecule has 1 fully saturated rings. The second-order valence-electron chi connectivity index (χ2n) is 2.85. The second kappa shape index (κ2) is 16.0. The Kier molecular flexibility index (Phi) is 27.4. The van der Waals surface area contributed by atoms with Crippen LogP contribution in [0.1, 0.15) is 13.3 Å². The second-order valence-corrected chi connectivity index (χ2v) is 2.85. The molecule has 1 aliphatic rings. The molecule has 5 heteroatoms. The summed E-state index contributed by atoms with van der Waals surface area (Å²) < 4.78 is 15.3. The zero-order valence-corrected chi connectivity index (χ0v) is 18.4. The van der Waals surface area contributed by atoms with Gasteiger partial charge in [-0.25, -0.2) is 0 Å². The van der Waals surface area contributed by atoms with E-state index in [1.54, 1.807) is 7.11 Å². The van der Waals surface area contributed by atoms with Crippen molar-refractivity contribution in [2.24, 2.45) is 5.92 Å². The molecule has 0 bridgehead atoms. The average Bonchev–Trinajstić information content (AvgIpc) is 2.04. The predicted molar refractivity (Wildman–Crippen MR) is 53.6 cm³/mol. The summed E-state index contributed by atoms with van der Waals surface area (Å²) in [7, 11) is 1.60. The normalized spacial score (nSPS) is 23.6. The van der Waals surface area contributed by atoms with Gasteiger partial charge in [0.25, 0.3) is 0 Å². The predicted octanol–water partition coefficient (Wildman–Crippen LogP) is 2.09. The number of hydrogen-bond donors (Lipinski definition) is 0. The third-order valence-corrected chi connectivity index (χ3v) is 1.63. The van der Waals surface area contributed by atoms with Crippen LogP contribution in [0.25, 0.3) is 0 Å². The van der Waals surface area contributed by atoms with Crippen LogP contribution in [0.4, 0.5) is 0 Å². The summed E-state index contributed by atoms with van der Waals surface area (Å²) in [5.74, 6) is 0.623. The Morgan fingerprint density at radius 2 is 2.00 bits per heavy atom. The fourth-order valence-electron chi connectivity index (χ4n) is 0.990. The molecular weight excluding hydrogens is 644 g/mol. The van der Waals surface area contributed by atoms with E-state index in [2.05, 4.69) is 6.92 Å². The monoisotopic (exact) mass is 665 g/mol. The van der Waals surface area contributed by atoms with Gasteiger partial charge in [-0.15, -0.1) is 0 Å². The van der Waals surface area contributed by atoms with Crippen LogP contribution in [-0.4, -0.2) is 26.8 Å². The van der Waals surface area contributed by atoms with Crippen LogP contribution in [0.5, 0.6) is 0 Å². The molecule has 1 unspecified atom stereocenters. The minimum absolute atomic E-state index is 0. The van der Waals surface area contributed by atoms with Crippen molar-refractivity contribution in [3.05, 3.63) is 21.3 Å². The Hall–Kier alpha value is 1.98. The van der Waals surface area contributed by atoms with Crippen molar-refractivity contribution >= 4 is 0 Å². The molecule has 1 saturated heterocycles. The molecule has 0 spiro atoms. The number of methoxy groups -OCH3 is 1. The zero-order chi connectivity index (χ0) is 8.10. The first-order valence-corrected chi connectivity index (χ1v) is 3.88. The van der Waals surface area contributed by atoms with Crippen LogP contribution in [-0.2, 0) is 14.2 Å². The molecule has 0 aromatic heterocycles. The summed E-state index contributed by atoms with van der Waals surface area (Å²) in [5.41, 5.74) is 0. The Morgan fingerprint density at radius 3 is 2.40 bits per heavy atom. The van der Waals surface area contributed by atoms with Gasteiger partial charge in [-0.3, -0.25) is 6.42 Å². The molecule has 0 saturated carbocycles. The van der Waals surface area contributed by atoms with Crippen molar-refractivity contribution in [3.63, 3.8) is 0 Å². The van der Waals surface area contributed by atoms with E-state index in [9.17, 15) is 0 Å². The third-order valence-electron chi connectivity index (χ3n) is 1.63. The molecule has 0 radical (unpaired) electrons. The molecule has 2 atom stereocenters. The molecule has 15 heavy (non-hydrogen) atoms. The zero-order valence-electron chi connectivity index (χ0n) is 10.1. The van der Waals surface area contributed by atoms with Gasteiger partial charge < -0.3 is 29.1 Å². The van der Waals surface area contributed by atoms with Crippen molar-refractivity contribution in [2.75, 3.05) is 20.5 Å². The van der Waals surface area contributed by atoms with Gasteiger partial charge >= 0.3 is 31.1 Å². The first kappa shape index (κ1) is 25.7. The van der Waals surface area contributed by atoms with Crippen LogP contribution >= 0.6 is 0 Å². The maximum Gasteiger partial charge on any atom is 2.00 e. The molecule has 0 aromatic rings. The maximum atomic E-state index is 5.33. The molecule has 0 amide bonds. The largest absolute Gasteiger partial charge is 2.00 e. The molecule has 1 rings (SSSR count). The number of ether oxygens (including phenoxy) is 3. The summed E-state index contributed by atoms with van der Waals surface area (Å²) in [5, 5.41) is 0. The molecule has 1 aliphatic heterocycles. The fraction of sp³-hybridized carbons (Fsp3) is 0.700. The third kappa shape index (κ3) is 12.2. The van der Waals surface area contributed by atoms with Crippen molar-refractivity contribution in [2.45, 2.75) is 19.6 Å². The molecular formula is C10H21O3U2-. The van der Waals surface area contributed by atoms with Crippen LogP contribution in [0, 0.1) is 89.4 Å². The standard InChI is InChI=1S/C8H15O3.2CH3.2U/c1-7-3-4-8(10-5-7)11-6-9-2;;;;/h4,7-8H,3,5-6H2,1-2H3;2*1H3;;/q3*-1;;+2/t7-,8?;;;;/m0..../s1. The molecule has 88 valence electrons. The van der Waals surface area contributed by atoms with Gasteiger partial charge in [0.05, 0.1) is 0 Å². The van der Waals surface area contributed by atoms with Gasteiger partial charge in [0.1, 0.15) is 6.79 Å². The average molecular weight is 665 g/mol. The summed E-state index contributed by atoms with van der Waals surface area (Å²) >= 11 is 0. The van der Waals surface area contributed by atoms with Crippen molar-refractivity contribution in [1.82, 2.24) is 0 Å². The molecule has 0 aliphatic carbocycles. The summed E-state index contributed by atoms with van der Waals surface area (Å²) in [4.78, 5) is 0. The Bertz CT molecular complexity index is 104. The SMILES string of the molecule is COCOC1[CH-]C[C@H](C)CO1.[CH3-].[CH3-].[U+2].[U]. The maximum absolute atomic E-state index is 5.33.